The first-order valence-corrected chi connectivity index (χ1v) is 10.00. The zero-order valence-electron chi connectivity index (χ0n) is 14.1. The van der Waals surface area contributed by atoms with Crippen molar-refractivity contribution in [2.75, 3.05) is 5.32 Å². The summed E-state index contributed by atoms with van der Waals surface area (Å²) in [6.45, 7) is 0. The first-order valence-electron chi connectivity index (χ1n) is 8.03. The number of hydrogen-bond donors (Lipinski definition) is 2. The van der Waals surface area contributed by atoms with Gasteiger partial charge < -0.3 is 9.87 Å². The first-order chi connectivity index (χ1) is 12.9. The van der Waals surface area contributed by atoms with Crippen LogP contribution in [0.25, 0.3) is 11.1 Å². The minimum Gasteiger partial charge on any atom is -0.593 e. The minimum absolute atomic E-state index is 0.127. The van der Waals surface area contributed by atoms with Crippen LogP contribution in [0.3, 0.4) is 0 Å². The number of amides is 1. The summed E-state index contributed by atoms with van der Waals surface area (Å²) in [5, 5.41) is 9.48. The molecule has 27 heavy (non-hydrogen) atoms. The van der Waals surface area contributed by atoms with Gasteiger partial charge >= 0.3 is 0 Å². The molecule has 0 radical (unpaired) electrons. The third-order valence-electron chi connectivity index (χ3n) is 3.89. The van der Waals surface area contributed by atoms with E-state index >= 15 is 0 Å². The van der Waals surface area contributed by atoms with E-state index in [1.54, 1.807) is 48.5 Å². The summed E-state index contributed by atoms with van der Waals surface area (Å²) in [6, 6.07) is 19.5. The SMILES string of the molecule is N[S+]([O-])c1cc(NC(=O)Cc2ccccc2Cl)cc(-c2cccc(Cl)c2)c1. The van der Waals surface area contributed by atoms with E-state index < -0.39 is 11.4 Å². The molecule has 0 heterocycles. The predicted octanol–water partition coefficient (Wildman–Crippen LogP) is 4.82. The fraction of sp³-hybridized carbons (Fsp3) is 0.0500. The van der Waals surface area contributed by atoms with Crippen LogP contribution in [0.2, 0.25) is 10.0 Å². The van der Waals surface area contributed by atoms with E-state index in [1.807, 2.05) is 18.2 Å². The molecule has 1 atom stereocenters. The van der Waals surface area contributed by atoms with E-state index in [1.165, 1.54) is 0 Å². The third-order valence-corrected chi connectivity index (χ3v) is 5.19. The lowest BCUT2D eigenvalue weighted by atomic mass is 10.0. The van der Waals surface area contributed by atoms with Crippen molar-refractivity contribution in [1.82, 2.24) is 0 Å². The Labute approximate surface area is 170 Å². The highest BCUT2D eigenvalue weighted by atomic mass is 35.5. The molecule has 0 fully saturated rings. The fourth-order valence-corrected chi connectivity index (χ4v) is 3.52. The van der Waals surface area contributed by atoms with Crippen molar-refractivity contribution in [3.63, 3.8) is 0 Å². The maximum atomic E-state index is 12.4. The van der Waals surface area contributed by atoms with Crippen molar-refractivity contribution in [2.24, 2.45) is 5.14 Å². The summed E-state index contributed by atoms with van der Waals surface area (Å²) < 4.78 is 11.8. The van der Waals surface area contributed by atoms with Crippen LogP contribution in [0, 0.1) is 0 Å². The number of rotatable bonds is 5. The van der Waals surface area contributed by atoms with Gasteiger partial charge in [0.15, 0.2) is 4.90 Å². The number of carbonyl (C=O) groups excluding carboxylic acids is 1. The van der Waals surface area contributed by atoms with Crippen LogP contribution in [0.15, 0.2) is 71.6 Å². The highest BCUT2D eigenvalue weighted by Gasteiger charge is 2.14. The molecule has 3 aromatic carbocycles. The Morgan fingerprint density at radius 2 is 1.78 bits per heavy atom. The highest BCUT2D eigenvalue weighted by molar-refractivity contribution is 7.89. The molecule has 0 spiro atoms. The monoisotopic (exact) mass is 418 g/mol. The van der Waals surface area contributed by atoms with Gasteiger partial charge in [0.25, 0.3) is 0 Å². The lowest BCUT2D eigenvalue weighted by Crippen LogP contribution is -2.16. The number of hydrogen-bond acceptors (Lipinski definition) is 3. The Morgan fingerprint density at radius 1 is 1.00 bits per heavy atom. The van der Waals surface area contributed by atoms with Gasteiger partial charge in [-0.3, -0.25) is 4.79 Å². The molecule has 0 aliphatic heterocycles. The van der Waals surface area contributed by atoms with Crippen molar-refractivity contribution in [3.05, 3.63) is 82.3 Å². The van der Waals surface area contributed by atoms with Gasteiger partial charge in [-0.25, -0.2) is 0 Å². The molecule has 3 N–H and O–H groups in total. The van der Waals surface area contributed by atoms with Crippen molar-refractivity contribution in [3.8, 4) is 11.1 Å². The summed E-state index contributed by atoms with van der Waals surface area (Å²) in [5.74, 6) is -0.236. The van der Waals surface area contributed by atoms with Gasteiger partial charge in [0.05, 0.1) is 17.8 Å². The van der Waals surface area contributed by atoms with Gasteiger partial charge in [-0.1, -0.05) is 53.5 Å². The molecule has 0 bridgehead atoms. The minimum atomic E-state index is -1.69. The van der Waals surface area contributed by atoms with Crippen LogP contribution in [-0.2, 0) is 22.6 Å². The third kappa shape index (κ3) is 5.25. The Bertz CT molecular complexity index is 980. The molecule has 3 aromatic rings. The zero-order chi connectivity index (χ0) is 19.4. The Balaban J connectivity index is 1.88. The number of carbonyl (C=O) groups is 1. The van der Waals surface area contributed by atoms with Crippen LogP contribution < -0.4 is 10.5 Å². The lowest BCUT2D eigenvalue weighted by molar-refractivity contribution is -0.115. The van der Waals surface area contributed by atoms with E-state index in [0.29, 0.717) is 20.6 Å². The Kier molecular flexibility index (Phi) is 6.42. The van der Waals surface area contributed by atoms with Crippen LogP contribution in [0.4, 0.5) is 5.69 Å². The summed E-state index contributed by atoms with van der Waals surface area (Å²) in [5.41, 5.74) is 2.81. The van der Waals surface area contributed by atoms with E-state index in [4.69, 9.17) is 28.3 Å². The first kappa shape index (κ1) is 19.7. The van der Waals surface area contributed by atoms with Crippen LogP contribution >= 0.6 is 23.2 Å². The largest absolute Gasteiger partial charge is 0.593 e. The molecular formula is C20H16Cl2N2O2S. The molecular weight excluding hydrogens is 403 g/mol. The Hall–Kier alpha value is -2.02. The number of halogens is 2. The second-order valence-electron chi connectivity index (χ2n) is 5.87. The zero-order valence-corrected chi connectivity index (χ0v) is 16.4. The average Bonchev–Trinajstić information content (AvgIpc) is 2.63. The molecule has 0 aliphatic rings. The van der Waals surface area contributed by atoms with Gasteiger partial charge in [-0.2, -0.15) is 0 Å². The van der Waals surface area contributed by atoms with Gasteiger partial charge in [-0.05, 0) is 41.0 Å². The maximum absolute atomic E-state index is 12.4. The summed E-state index contributed by atoms with van der Waals surface area (Å²) in [6.07, 6.45) is 0.127. The van der Waals surface area contributed by atoms with E-state index in [-0.39, 0.29) is 12.3 Å². The quantitative estimate of drug-likeness (QED) is 0.582. The fourth-order valence-electron chi connectivity index (χ4n) is 2.64. The highest BCUT2D eigenvalue weighted by Crippen LogP contribution is 2.28. The van der Waals surface area contributed by atoms with Crippen molar-refractivity contribution >= 4 is 46.2 Å². The van der Waals surface area contributed by atoms with Gasteiger partial charge in [-0.15, -0.1) is 5.14 Å². The number of benzene rings is 3. The van der Waals surface area contributed by atoms with Crippen LogP contribution in [0.5, 0.6) is 0 Å². The number of nitrogens with one attached hydrogen (secondary N) is 1. The maximum Gasteiger partial charge on any atom is 0.228 e. The molecule has 138 valence electrons. The van der Waals surface area contributed by atoms with E-state index in [9.17, 15) is 9.35 Å². The summed E-state index contributed by atoms with van der Waals surface area (Å²) in [7, 11) is 0. The molecule has 0 saturated carbocycles. The second kappa shape index (κ2) is 8.78. The summed E-state index contributed by atoms with van der Waals surface area (Å²) >= 11 is 10.5. The predicted molar refractivity (Wildman–Crippen MR) is 111 cm³/mol. The summed E-state index contributed by atoms with van der Waals surface area (Å²) in [4.78, 5) is 12.8. The molecule has 0 aromatic heterocycles. The molecule has 7 heteroatoms. The van der Waals surface area contributed by atoms with Gasteiger partial charge in [0.2, 0.25) is 5.91 Å². The van der Waals surface area contributed by atoms with Crippen molar-refractivity contribution < 1.29 is 9.35 Å². The van der Waals surface area contributed by atoms with E-state index in [2.05, 4.69) is 5.32 Å². The molecule has 1 unspecified atom stereocenters. The van der Waals surface area contributed by atoms with Crippen molar-refractivity contribution in [2.45, 2.75) is 11.3 Å². The van der Waals surface area contributed by atoms with Gasteiger partial charge in [0, 0.05) is 27.9 Å². The molecule has 1 amide bonds. The molecule has 0 saturated heterocycles. The average molecular weight is 419 g/mol. The molecule has 4 nitrogen and oxygen atoms in total. The number of anilines is 1. The lowest BCUT2D eigenvalue weighted by Gasteiger charge is -2.12. The number of nitrogens with two attached hydrogens (primary N) is 1. The van der Waals surface area contributed by atoms with E-state index in [0.717, 1.165) is 16.7 Å². The second-order valence-corrected chi connectivity index (χ2v) is 7.78. The molecule has 0 aliphatic carbocycles. The van der Waals surface area contributed by atoms with Crippen LogP contribution in [-0.4, -0.2) is 10.5 Å². The van der Waals surface area contributed by atoms with Gasteiger partial charge in [0.1, 0.15) is 0 Å². The molecule has 3 rings (SSSR count). The standard InChI is InChI=1S/C20H16Cl2N2O2S/c21-16-6-3-5-13(8-16)15-9-17(12-18(10-15)27(23)26)24-20(25)11-14-4-1-2-7-19(14)22/h1-10,12H,11,23H2,(H,24,25). The van der Waals surface area contributed by atoms with Crippen molar-refractivity contribution in [1.29, 1.82) is 0 Å². The van der Waals surface area contributed by atoms with Crippen LogP contribution in [0.1, 0.15) is 5.56 Å². The topological polar surface area (TPSA) is 78.2 Å². The normalized spacial score (nSPS) is 11.9. The smallest absolute Gasteiger partial charge is 0.228 e. The Morgan fingerprint density at radius 3 is 2.48 bits per heavy atom.